The van der Waals surface area contributed by atoms with Gasteiger partial charge in [-0.2, -0.15) is 0 Å². The van der Waals surface area contributed by atoms with Crippen LogP contribution in [0.15, 0.2) is 18.1 Å². The average Bonchev–Trinajstić information content (AvgIpc) is 2.36. The van der Waals surface area contributed by atoms with E-state index in [1.165, 1.54) is 0 Å². The summed E-state index contributed by atoms with van der Waals surface area (Å²) >= 11 is 14.5. The zero-order valence-electron chi connectivity index (χ0n) is 11.9. The van der Waals surface area contributed by atoms with Crippen molar-refractivity contribution in [2.45, 2.75) is 0 Å². The van der Waals surface area contributed by atoms with Gasteiger partial charge in [-0.05, 0) is 26.7 Å². The molecule has 1 aliphatic rings. The highest BCUT2D eigenvalue weighted by Crippen LogP contribution is 2.76. The van der Waals surface area contributed by atoms with E-state index in [4.69, 9.17) is 18.1 Å². The molecule has 0 unspecified atom stereocenters. The largest absolute Gasteiger partial charge is 0.239 e. The lowest BCUT2D eigenvalue weighted by Crippen LogP contribution is -1.89. The molecule has 0 saturated heterocycles. The molecular formula is C8H20Br4N4P4. The van der Waals surface area contributed by atoms with E-state index in [0.717, 1.165) is 20.3 Å². The Hall–Kier alpha value is 2.84. The first kappa shape index (κ1) is 20.9. The van der Waals surface area contributed by atoms with Gasteiger partial charge in [0.05, 0.1) is 49.1 Å². The summed E-state index contributed by atoms with van der Waals surface area (Å²) in [6.45, 7) is 8.74. The fraction of sp³-hybridized carbons (Fsp3) is 1.00. The molecule has 0 aromatic carbocycles. The molecule has 12 heteroatoms. The van der Waals surface area contributed by atoms with Crippen LogP contribution in [0.5, 0.6) is 0 Å². The summed E-state index contributed by atoms with van der Waals surface area (Å²) in [4.78, 5) is 0. The van der Waals surface area contributed by atoms with Crippen LogP contribution in [-0.4, -0.2) is 46.9 Å². The lowest BCUT2D eigenvalue weighted by molar-refractivity contribution is 1.60. The standard InChI is InChI=1S/C8H20Br4N4P4/c1-17(5-9)13-18(2,6-10)15-20(4,8-12)16-19(3,7-11)14-17/h5-8H2,1-4H3. The van der Waals surface area contributed by atoms with E-state index in [9.17, 15) is 0 Å². The smallest absolute Gasteiger partial charge is 0.0880 e. The first-order valence-corrected chi connectivity index (χ1v) is 19.5. The number of halogens is 4. The SMILES string of the molecule is CP1(CBr)=NP(C)(CBr)=NP(C)(CBr)=NP(C)(CBr)=N1. The molecule has 1 heterocycles. The average molecular weight is 616 g/mol. The van der Waals surface area contributed by atoms with Gasteiger partial charge in [0.2, 0.25) is 0 Å². The van der Waals surface area contributed by atoms with Gasteiger partial charge in [0, 0.05) is 0 Å². The third-order valence-corrected chi connectivity index (χ3v) is 28.0. The lowest BCUT2D eigenvalue weighted by atomic mass is 11.9. The summed E-state index contributed by atoms with van der Waals surface area (Å²) < 4.78 is 20.7. The van der Waals surface area contributed by atoms with Crippen LogP contribution in [0.25, 0.3) is 0 Å². The van der Waals surface area contributed by atoms with Crippen LogP contribution >= 0.6 is 92.5 Å². The van der Waals surface area contributed by atoms with Gasteiger partial charge in [0.25, 0.3) is 0 Å². The Morgan fingerprint density at radius 2 is 0.650 bits per heavy atom. The van der Waals surface area contributed by atoms with Gasteiger partial charge in [0.1, 0.15) is 0 Å². The molecule has 0 fully saturated rings. The minimum absolute atomic E-state index is 0.819. The van der Waals surface area contributed by atoms with Crippen molar-refractivity contribution in [3.63, 3.8) is 0 Å². The first-order chi connectivity index (χ1) is 9.07. The van der Waals surface area contributed by atoms with Gasteiger partial charge in [0.15, 0.2) is 0 Å². The fourth-order valence-corrected chi connectivity index (χ4v) is 25.8. The Morgan fingerprint density at radius 1 is 0.500 bits per heavy atom. The predicted molar refractivity (Wildman–Crippen MR) is 116 cm³/mol. The van der Waals surface area contributed by atoms with E-state index in [2.05, 4.69) is 90.4 Å². The van der Waals surface area contributed by atoms with Crippen molar-refractivity contribution in [2.24, 2.45) is 18.1 Å². The molecule has 0 saturated carbocycles. The van der Waals surface area contributed by atoms with Gasteiger partial charge < -0.3 is 0 Å². The summed E-state index contributed by atoms with van der Waals surface area (Å²) in [7, 11) is -6.95. The van der Waals surface area contributed by atoms with Crippen molar-refractivity contribution < 1.29 is 0 Å². The van der Waals surface area contributed by atoms with Gasteiger partial charge >= 0.3 is 0 Å². The maximum atomic E-state index is 5.17. The summed E-state index contributed by atoms with van der Waals surface area (Å²) in [5.74, 6) is 0. The predicted octanol–water partition coefficient (Wildman–Crippen LogP) is 8.39. The van der Waals surface area contributed by atoms with Crippen molar-refractivity contribution in [2.75, 3.05) is 46.9 Å². The summed E-state index contributed by atoms with van der Waals surface area (Å²) in [6.07, 6.45) is 0. The Bertz CT molecular complexity index is 473. The van der Waals surface area contributed by atoms with E-state index in [1.807, 2.05) is 0 Å². The highest BCUT2D eigenvalue weighted by atomic mass is 79.9. The molecule has 0 bridgehead atoms. The quantitative estimate of drug-likeness (QED) is 0.225. The summed E-state index contributed by atoms with van der Waals surface area (Å²) in [6, 6.07) is 0. The van der Waals surface area contributed by atoms with Gasteiger partial charge in [-0.15, -0.1) is 0 Å². The van der Waals surface area contributed by atoms with E-state index < -0.39 is 28.8 Å². The van der Waals surface area contributed by atoms with E-state index in [0.29, 0.717) is 0 Å². The minimum atomic E-state index is -1.74. The molecular weight excluding hydrogens is 596 g/mol. The lowest BCUT2D eigenvalue weighted by Gasteiger charge is -2.29. The number of nitrogens with zero attached hydrogens (tertiary/aromatic N) is 4. The number of rotatable bonds is 4. The van der Waals surface area contributed by atoms with Crippen LogP contribution in [0.4, 0.5) is 0 Å². The number of alkyl halides is 4. The van der Waals surface area contributed by atoms with E-state index >= 15 is 0 Å². The van der Waals surface area contributed by atoms with Gasteiger partial charge in [-0.3, -0.25) is 0 Å². The maximum absolute atomic E-state index is 5.17. The molecule has 20 heavy (non-hydrogen) atoms. The molecule has 0 spiro atoms. The van der Waals surface area contributed by atoms with Crippen molar-refractivity contribution in [1.29, 1.82) is 0 Å². The molecule has 0 aromatic rings. The highest BCUT2D eigenvalue weighted by molar-refractivity contribution is 9.11. The summed E-state index contributed by atoms with van der Waals surface area (Å²) in [5, 5.41) is 3.28. The van der Waals surface area contributed by atoms with Crippen LogP contribution in [0.3, 0.4) is 0 Å². The zero-order valence-corrected chi connectivity index (χ0v) is 21.8. The molecule has 1 rings (SSSR count). The fourth-order valence-electron chi connectivity index (χ4n) is 1.92. The van der Waals surface area contributed by atoms with Crippen LogP contribution < -0.4 is 0 Å². The first-order valence-electron chi connectivity index (χ1n) is 5.72. The zero-order chi connectivity index (χ0) is 15.7. The monoisotopic (exact) mass is 612 g/mol. The van der Waals surface area contributed by atoms with Crippen molar-refractivity contribution in [3.8, 4) is 0 Å². The second kappa shape index (κ2) is 7.81. The third kappa shape index (κ3) is 5.44. The van der Waals surface area contributed by atoms with Crippen LogP contribution in [0, 0.1) is 0 Å². The molecule has 0 aromatic heterocycles. The van der Waals surface area contributed by atoms with Crippen LogP contribution in [0.2, 0.25) is 0 Å². The highest BCUT2D eigenvalue weighted by Gasteiger charge is 2.27. The molecule has 4 nitrogen and oxygen atoms in total. The molecule has 0 radical (unpaired) electrons. The van der Waals surface area contributed by atoms with Crippen molar-refractivity contribution in [1.82, 2.24) is 0 Å². The Morgan fingerprint density at radius 3 is 0.750 bits per heavy atom. The number of hydrogen-bond donors (Lipinski definition) is 0. The Kier molecular flexibility index (Phi) is 8.16. The second-order valence-corrected chi connectivity index (χ2v) is 23.7. The molecule has 0 aliphatic carbocycles. The molecule has 1 aliphatic heterocycles. The molecule has 0 N–H and O–H groups in total. The van der Waals surface area contributed by atoms with Gasteiger partial charge in [-0.1, -0.05) is 63.7 Å². The molecule has 0 amide bonds. The van der Waals surface area contributed by atoms with Crippen molar-refractivity contribution >= 4 is 92.5 Å². The Labute approximate surface area is 156 Å². The molecule has 0 atom stereocenters. The topological polar surface area (TPSA) is 49.4 Å². The third-order valence-electron chi connectivity index (χ3n) is 2.45. The van der Waals surface area contributed by atoms with E-state index in [1.54, 1.807) is 0 Å². The molecule has 120 valence electrons. The Balaban J connectivity index is 3.79. The van der Waals surface area contributed by atoms with Crippen LogP contribution in [0.1, 0.15) is 0 Å². The normalized spacial score (nSPS) is 45.2. The van der Waals surface area contributed by atoms with E-state index in [-0.39, 0.29) is 0 Å². The minimum Gasteiger partial charge on any atom is -0.239 e. The summed E-state index contributed by atoms with van der Waals surface area (Å²) in [5.41, 5.74) is 0. The van der Waals surface area contributed by atoms with Gasteiger partial charge in [-0.25, -0.2) is 18.1 Å². The van der Waals surface area contributed by atoms with Crippen molar-refractivity contribution in [3.05, 3.63) is 0 Å². The maximum Gasteiger partial charge on any atom is 0.0880 e. The van der Waals surface area contributed by atoms with Crippen LogP contribution in [-0.2, 0) is 0 Å². The number of hydrogen-bond acceptors (Lipinski definition) is 4. The second-order valence-electron chi connectivity index (χ2n) is 5.19.